The summed E-state index contributed by atoms with van der Waals surface area (Å²) in [4.78, 5) is 247. The van der Waals surface area contributed by atoms with Crippen LogP contribution >= 0.6 is 0 Å². The highest BCUT2D eigenvalue weighted by Crippen LogP contribution is 2.29. The number of unbranched alkanes of at least 4 members (excludes halogenated alkanes) is 3. The quantitative estimate of drug-likeness (QED) is 0.0182. The lowest BCUT2D eigenvalue weighted by atomic mass is 9.97. The van der Waals surface area contributed by atoms with Gasteiger partial charge in [0.25, 0.3) is 0 Å². The molecule has 14 atom stereocenters. The second kappa shape index (κ2) is 51.4. The number of aromatic amines is 1. The minimum absolute atomic E-state index is 0.0297. The number of nitrogens with one attached hydrogen (secondary N) is 10. The maximum atomic E-state index is 15.6. The molecule has 8 rings (SSSR count). The second-order valence-corrected chi connectivity index (χ2v) is 34.7. The number of carbonyl (C=O) groups excluding carboxylic acids is 15. The first-order valence-electron chi connectivity index (χ1n) is 45.6. The lowest BCUT2D eigenvalue weighted by Crippen LogP contribution is -2.61. The van der Waals surface area contributed by atoms with Crippen LogP contribution in [0.15, 0.2) is 85.2 Å². The number of rotatable bonds is 53. The fourth-order valence-electron chi connectivity index (χ4n) is 17.3. The molecular formula is C92H133N19O21. The number of likely N-dealkylation sites (N-methyl/N-ethyl adjacent to an activating group) is 3. The summed E-state index contributed by atoms with van der Waals surface area (Å²) in [5.41, 5.74) is 21.1. The Hall–Kier alpha value is -12.4. The molecule has 3 fully saturated rings. The number of ether oxygens (including phenoxy) is 1. The van der Waals surface area contributed by atoms with Gasteiger partial charge in [-0.1, -0.05) is 102 Å². The number of fused-ring (bicyclic) bond motifs is 2. The van der Waals surface area contributed by atoms with E-state index < -0.39 is 212 Å². The molecule has 722 valence electrons. The number of H-pyrrole nitrogens is 1. The van der Waals surface area contributed by atoms with E-state index in [0.29, 0.717) is 72.6 Å². The molecule has 0 unspecified atom stereocenters. The van der Waals surface area contributed by atoms with E-state index in [0.717, 1.165) is 26.3 Å². The molecule has 3 saturated heterocycles. The summed E-state index contributed by atoms with van der Waals surface area (Å²) in [6, 6.07) is 4.69. The fourth-order valence-corrected chi connectivity index (χ4v) is 17.3. The van der Waals surface area contributed by atoms with Crippen molar-refractivity contribution in [2.75, 3.05) is 67.5 Å². The Morgan fingerprint density at radius 2 is 1.16 bits per heavy atom. The van der Waals surface area contributed by atoms with E-state index in [-0.39, 0.29) is 129 Å². The van der Waals surface area contributed by atoms with E-state index in [1.54, 1.807) is 61.8 Å². The maximum absolute atomic E-state index is 15.6. The van der Waals surface area contributed by atoms with Gasteiger partial charge in [-0.05, 0) is 144 Å². The van der Waals surface area contributed by atoms with Gasteiger partial charge >= 0.3 is 11.9 Å². The third kappa shape index (κ3) is 29.3. The molecule has 0 aliphatic carbocycles. The lowest BCUT2D eigenvalue weighted by Gasteiger charge is -2.38. The molecule has 0 bridgehead atoms. The Morgan fingerprint density at radius 3 is 1.79 bits per heavy atom. The molecule has 3 aliphatic rings. The number of likely N-dealkylation sites (tertiary alicyclic amines) is 3. The first-order chi connectivity index (χ1) is 63.1. The SMILES string of the molecule is CCCC[C@@H](C(=O)N(C)[C@@H](CCCC)C(=O)N[C@@H](CC(C)C)C(=O)NCCCCC(=O)N[C@@H](Cc1ccc(OC)cc1)C(=O)N1CCCC[C@H]1C(=O)N[C@@H](CC(N)=O)C(=O)N1CCC[C@H]1C(=O)N[C@@H](CN)C(=O)N[C@@H](CCC(=O)O)C(=O)N1C[C@H](O)C[C@H]1C=O)N(C)C(=O)[C@H](Cc1cn(CC(=O)O)c2ccccc12)NC(=O)[C@H](CCN)NC(=O)[C@H](Cc1c[nH]c2ccccc12)NC. The molecule has 19 N–H and O–H groups in total. The Bertz CT molecular complexity index is 4850. The zero-order chi connectivity index (χ0) is 96.6. The van der Waals surface area contributed by atoms with E-state index >= 15 is 14.4 Å². The topological polar surface area (TPSA) is 583 Å². The van der Waals surface area contributed by atoms with E-state index in [2.05, 4.69) is 52.8 Å². The van der Waals surface area contributed by atoms with Crippen molar-refractivity contribution < 1.29 is 102 Å². The van der Waals surface area contributed by atoms with Crippen molar-refractivity contribution in [1.82, 2.24) is 81.9 Å². The highest BCUT2D eigenvalue weighted by molar-refractivity contribution is 6.01. The van der Waals surface area contributed by atoms with Gasteiger partial charge in [0.05, 0.1) is 31.7 Å². The predicted octanol–water partition coefficient (Wildman–Crippen LogP) is 0.173. The van der Waals surface area contributed by atoms with Gasteiger partial charge in [0.1, 0.15) is 85.0 Å². The Morgan fingerprint density at radius 1 is 0.576 bits per heavy atom. The Balaban J connectivity index is 0.917. The monoisotopic (exact) mass is 1840 g/mol. The first-order valence-corrected chi connectivity index (χ1v) is 45.6. The summed E-state index contributed by atoms with van der Waals surface area (Å²) in [6.07, 6.45) is 4.93. The number of methoxy groups -OCH3 is 1. The minimum Gasteiger partial charge on any atom is -0.497 e. The number of primary amides is 1. The molecule has 5 aromatic rings. The van der Waals surface area contributed by atoms with Crippen LogP contribution in [0.2, 0.25) is 0 Å². The maximum Gasteiger partial charge on any atom is 0.323 e. The number of para-hydroxylation sites is 2. The van der Waals surface area contributed by atoms with Crippen LogP contribution in [0.5, 0.6) is 5.75 Å². The van der Waals surface area contributed by atoms with Gasteiger partial charge in [-0.2, -0.15) is 0 Å². The molecule has 40 nitrogen and oxygen atoms in total. The number of carboxylic acid groups (broad SMARTS) is 2. The summed E-state index contributed by atoms with van der Waals surface area (Å²) in [5.74, 6) is -12.6. The van der Waals surface area contributed by atoms with Gasteiger partial charge in [0.15, 0.2) is 0 Å². The zero-order valence-electron chi connectivity index (χ0n) is 76.6. The van der Waals surface area contributed by atoms with Crippen LogP contribution in [-0.4, -0.2) is 302 Å². The van der Waals surface area contributed by atoms with Crippen LogP contribution in [0.3, 0.4) is 0 Å². The predicted molar refractivity (Wildman–Crippen MR) is 487 cm³/mol. The average Bonchev–Trinajstić information content (AvgIpc) is 1.55. The number of aliphatic carboxylic acids is 2. The standard InChI is InChI=1S/C92H133N19O21/c1-9-11-25-73(106(6)92(131)76(26-12-10-2)107(7)88(127)69(45-57-50-108(52-80(118)119)72-27-16-14-23-62(57)72)103-82(121)64(37-38-93)100-83(122)66(96-5)44-56-49-98-63-24-15-13-22-61(56)63)85(124)102-67(42-54(3)4)81(120)97-39-19-17-30-78(115)99-68(43-55-31-33-60(132-8)34-32-55)90(129)109-40-20-18-28-74(109)86(125)104-70(47-77(95)114)91(130)110-41-21-29-75(110)87(126)105-71(48-94)84(123)101-65(35-36-79(116)117)89(128)111-51-59(113)46-58(111)53-112/h13-16,22-24,27,31-34,49-50,53-54,58-59,64-71,73-76,96,98,113H,9-12,17-21,25-26,28-30,35-48,51-52,93-94H2,1-8H3,(H2,95,114)(H,97,120)(H,99,115)(H,100,122)(H,101,123)(H,102,124)(H,103,121)(H,104,125)(H,105,126)(H,116,117)(H,118,119)/t58-,59+,64-,65-,66-,67-,68-,69-,70-,71-,73-,74-,75-,76-/m0/s1. The number of nitrogens with zero attached hydrogens (tertiary/aromatic N) is 6. The number of β-amino-alcohol motifs (C(OH)–C–C–N with tert-alkyl or cyclic N) is 1. The molecular weight excluding hydrogens is 1710 g/mol. The van der Waals surface area contributed by atoms with E-state index in [1.807, 2.05) is 58.2 Å². The van der Waals surface area contributed by atoms with Gasteiger partial charge in [-0.3, -0.25) is 76.7 Å². The molecule has 3 aromatic carbocycles. The molecule has 132 heavy (non-hydrogen) atoms. The minimum atomic E-state index is -1.68. The molecule has 14 amide bonds. The number of carboxylic acids is 2. The molecule has 0 spiro atoms. The molecule has 40 heteroatoms. The van der Waals surface area contributed by atoms with Gasteiger partial charge in [-0.25, -0.2) is 0 Å². The van der Waals surface area contributed by atoms with Crippen molar-refractivity contribution in [3.63, 3.8) is 0 Å². The van der Waals surface area contributed by atoms with E-state index in [1.165, 1.54) is 40.5 Å². The van der Waals surface area contributed by atoms with Crippen molar-refractivity contribution in [2.24, 2.45) is 23.1 Å². The largest absolute Gasteiger partial charge is 0.497 e. The highest BCUT2D eigenvalue weighted by atomic mass is 16.5. The number of hydrogen-bond acceptors (Lipinski definition) is 22. The van der Waals surface area contributed by atoms with Crippen LogP contribution in [0.1, 0.15) is 173 Å². The van der Waals surface area contributed by atoms with Gasteiger partial charge in [0, 0.05) is 113 Å². The summed E-state index contributed by atoms with van der Waals surface area (Å²) < 4.78 is 6.89. The van der Waals surface area contributed by atoms with E-state index in [4.69, 9.17) is 21.9 Å². The van der Waals surface area contributed by atoms with Crippen LogP contribution in [0.25, 0.3) is 21.8 Å². The third-order valence-corrected chi connectivity index (χ3v) is 24.5. The summed E-state index contributed by atoms with van der Waals surface area (Å²) in [7, 11) is 6.00. The smallest absolute Gasteiger partial charge is 0.323 e. The summed E-state index contributed by atoms with van der Waals surface area (Å²) >= 11 is 0. The molecule has 3 aliphatic heterocycles. The van der Waals surface area contributed by atoms with Crippen molar-refractivity contribution >= 4 is 123 Å². The van der Waals surface area contributed by atoms with Crippen LogP contribution in [0.4, 0.5) is 0 Å². The number of aliphatic hydroxyl groups is 1. The van der Waals surface area contributed by atoms with Gasteiger partial charge < -0.3 is 124 Å². The van der Waals surface area contributed by atoms with Crippen LogP contribution < -0.4 is 69.8 Å². The van der Waals surface area contributed by atoms with Crippen LogP contribution in [0, 0.1) is 5.92 Å². The van der Waals surface area contributed by atoms with Crippen molar-refractivity contribution in [2.45, 2.75) is 267 Å². The number of aldehydes is 1. The Kier molecular flexibility index (Phi) is 40.9. The van der Waals surface area contributed by atoms with Crippen molar-refractivity contribution in [3.8, 4) is 5.75 Å². The Labute approximate surface area is 767 Å². The summed E-state index contributed by atoms with van der Waals surface area (Å²) in [6.45, 7) is 6.27. The zero-order valence-corrected chi connectivity index (χ0v) is 76.6. The van der Waals surface area contributed by atoms with Crippen LogP contribution in [-0.2, 0) is 107 Å². The van der Waals surface area contributed by atoms with Crippen molar-refractivity contribution in [3.05, 3.63) is 102 Å². The normalized spacial score (nSPS) is 17.8. The van der Waals surface area contributed by atoms with E-state index in [9.17, 15) is 82.4 Å². The first kappa shape index (κ1) is 105. The van der Waals surface area contributed by atoms with Crippen molar-refractivity contribution in [1.29, 1.82) is 0 Å². The number of nitrogens with two attached hydrogens (primary N) is 3. The highest BCUT2D eigenvalue weighted by Gasteiger charge is 2.45. The lowest BCUT2D eigenvalue weighted by molar-refractivity contribution is -0.149. The number of hydrogen-bond donors (Lipinski definition) is 16. The number of piperidine rings is 1. The fraction of sp³-hybridized carbons (Fsp3) is 0.576. The second-order valence-electron chi connectivity index (χ2n) is 34.7. The number of carbonyl (C=O) groups is 17. The number of aromatic nitrogens is 2. The molecule has 0 saturated carbocycles. The summed E-state index contributed by atoms with van der Waals surface area (Å²) in [5, 5.41) is 56.2. The van der Waals surface area contributed by atoms with Gasteiger partial charge in [-0.15, -0.1) is 0 Å². The third-order valence-electron chi connectivity index (χ3n) is 24.5. The average molecular weight is 1840 g/mol. The molecule has 5 heterocycles. The molecule has 0 radical (unpaired) electrons. The molecule has 2 aromatic heterocycles. The number of benzene rings is 3. The number of aliphatic hydroxyl groups excluding tert-OH is 1. The number of amides is 14. The van der Waals surface area contributed by atoms with Gasteiger partial charge in [0.2, 0.25) is 82.7 Å².